The summed E-state index contributed by atoms with van der Waals surface area (Å²) < 4.78 is 10.2. The summed E-state index contributed by atoms with van der Waals surface area (Å²) >= 11 is 0. The van der Waals surface area contributed by atoms with Gasteiger partial charge in [-0.05, 0) is 12.1 Å². The van der Waals surface area contributed by atoms with Crippen LogP contribution < -0.4 is 10.6 Å². The summed E-state index contributed by atoms with van der Waals surface area (Å²) in [7, 11) is 0. The zero-order valence-electron chi connectivity index (χ0n) is 9.03. The van der Waals surface area contributed by atoms with Crippen molar-refractivity contribution < 1.29 is 13.9 Å². The van der Waals surface area contributed by atoms with Crippen molar-refractivity contribution in [3.8, 4) is 6.07 Å². The fourth-order valence-corrected chi connectivity index (χ4v) is 1.40. The van der Waals surface area contributed by atoms with E-state index in [0.717, 1.165) is 0 Å². The Hall–Kier alpha value is -2.42. The maximum absolute atomic E-state index is 11.7. The molecule has 6 nitrogen and oxygen atoms in total. The van der Waals surface area contributed by atoms with Crippen molar-refractivity contribution in [2.75, 3.05) is 13.2 Å². The van der Waals surface area contributed by atoms with E-state index in [1.54, 1.807) is 12.1 Å². The van der Waals surface area contributed by atoms with Crippen molar-refractivity contribution in [2.24, 2.45) is 0 Å². The molecule has 0 spiro atoms. The van der Waals surface area contributed by atoms with Gasteiger partial charge < -0.3 is 19.8 Å². The molecule has 0 aliphatic carbocycles. The van der Waals surface area contributed by atoms with E-state index < -0.39 is 5.91 Å². The van der Waals surface area contributed by atoms with E-state index in [1.165, 1.54) is 6.26 Å². The molecule has 1 aromatic rings. The highest BCUT2D eigenvalue weighted by Crippen LogP contribution is 2.07. The fourth-order valence-electron chi connectivity index (χ4n) is 1.40. The van der Waals surface area contributed by atoms with Gasteiger partial charge in [0.1, 0.15) is 18.4 Å². The molecule has 2 rings (SSSR count). The topological polar surface area (TPSA) is 87.3 Å². The minimum Gasteiger partial charge on any atom is -0.476 e. The molecule has 2 N–H and O–H groups in total. The average Bonchev–Trinajstić information content (AvgIpc) is 3.00. The molecule has 17 heavy (non-hydrogen) atoms. The maximum atomic E-state index is 11.7. The van der Waals surface area contributed by atoms with E-state index in [-0.39, 0.29) is 18.0 Å². The van der Waals surface area contributed by atoms with Crippen molar-refractivity contribution >= 4 is 5.91 Å². The first-order valence-corrected chi connectivity index (χ1v) is 5.13. The molecule has 1 saturated heterocycles. The lowest BCUT2D eigenvalue weighted by Crippen LogP contribution is -2.26. The Morgan fingerprint density at radius 3 is 3.12 bits per heavy atom. The highest BCUT2D eigenvalue weighted by Gasteiger charge is 2.19. The molecule has 1 amide bonds. The van der Waals surface area contributed by atoms with E-state index in [0.29, 0.717) is 18.9 Å². The largest absolute Gasteiger partial charge is 0.476 e. The Labute approximate surface area is 97.9 Å². The molecule has 0 radical (unpaired) electrons. The summed E-state index contributed by atoms with van der Waals surface area (Å²) in [6.07, 6.45) is 1.52. The zero-order chi connectivity index (χ0) is 12.1. The van der Waals surface area contributed by atoms with E-state index in [4.69, 9.17) is 14.4 Å². The second-order valence-corrected chi connectivity index (χ2v) is 3.35. The van der Waals surface area contributed by atoms with Crippen LogP contribution in [0, 0.1) is 11.3 Å². The van der Waals surface area contributed by atoms with Crippen LogP contribution in [0.3, 0.4) is 0 Å². The van der Waals surface area contributed by atoms with Gasteiger partial charge in [-0.1, -0.05) is 0 Å². The summed E-state index contributed by atoms with van der Waals surface area (Å²) in [5.74, 6) is 0.388. The molecule has 1 aliphatic rings. The van der Waals surface area contributed by atoms with Gasteiger partial charge in [-0.3, -0.25) is 4.79 Å². The number of rotatable bonds is 3. The molecule has 88 valence electrons. The Bertz CT molecular complexity index is 463. The van der Waals surface area contributed by atoms with Gasteiger partial charge in [0.05, 0.1) is 19.4 Å². The Morgan fingerprint density at radius 2 is 2.53 bits per heavy atom. The van der Waals surface area contributed by atoms with Crippen LogP contribution in [0.15, 0.2) is 34.3 Å². The lowest BCUT2D eigenvalue weighted by molar-refractivity contribution is -0.117. The number of hydrogen-bond donors (Lipinski definition) is 2. The quantitative estimate of drug-likeness (QED) is 0.577. The molecule has 0 aromatic carbocycles. The molecule has 0 bridgehead atoms. The van der Waals surface area contributed by atoms with E-state index in [1.807, 2.05) is 6.07 Å². The molecule has 1 aromatic heterocycles. The second kappa shape index (κ2) is 5.07. The minimum atomic E-state index is -0.478. The van der Waals surface area contributed by atoms with Gasteiger partial charge in [-0.15, -0.1) is 0 Å². The molecular formula is C11H11N3O3. The lowest BCUT2D eigenvalue weighted by atomic mass is 10.3. The molecule has 0 saturated carbocycles. The third-order valence-electron chi connectivity index (χ3n) is 2.20. The SMILES string of the molecule is N#CC(C(=O)NCc1ccco1)=C1NCCO1. The van der Waals surface area contributed by atoms with Gasteiger partial charge in [0.25, 0.3) is 5.91 Å². The van der Waals surface area contributed by atoms with Gasteiger partial charge in [-0.25, -0.2) is 0 Å². The minimum absolute atomic E-state index is 0.0472. The number of furan rings is 1. The summed E-state index contributed by atoms with van der Waals surface area (Å²) in [6, 6.07) is 5.29. The predicted molar refractivity (Wildman–Crippen MR) is 57.1 cm³/mol. The molecule has 6 heteroatoms. The third-order valence-corrected chi connectivity index (χ3v) is 2.20. The molecule has 1 aliphatic heterocycles. The van der Waals surface area contributed by atoms with Crippen molar-refractivity contribution in [1.29, 1.82) is 5.26 Å². The number of ether oxygens (including phenoxy) is 1. The van der Waals surface area contributed by atoms with Gasteiger partial charge in [-0.2, -0.15) is 5.26 Å². The van der Waals surface area contributed by atoms with Crippen molar-refractivity contribution in [3.63, 3.8) is 0 Å². The number of nitrogens with zero attached hydrogens (tertiary/aromatic N) is 1. The second-order valence-electron chi connectivity index (χ2n) is 3.35. The van der Waals surface area contributed by atoms with E-state index in [9.17, 15) is 4.79 Å². The van der Waals surface area contributed by atoms with Gasteiger partial charge >= 0.3 is 0 Å². The predicted octanol–water partition coefficient (Wildman–Crippen LogP) is 0.251. The van der Waals surface area contributed by atoms with Gasteiger partial charge in [0.2, 0.25) is 5.88 Å². The zero-order valence-corrected chi connectivity index (χ0v) is 9.03. The van der Waals surface area contributed by atoms with Gasteiger partial charge in [0.15, 0.2) is 5.57 Å². The van der Waals surface area contributed by atoms with Crippen LogP contribution in [0.1, 0.15) is 5.76 Å². The molecule has 2 heterocycles. The van der Waals surface area contributed by atoms with Crippen LogP contribution in [0.5, 0.6) is 0 Å². The highest BCUT2D eigenvalue weighted by atomic mass is 16.5. The summed E-state index contributed by atoms with van der Waals surface area (Å²) in [5.41, 5.74) is -0.0472. The number of carbonyl (C=O) groups excluding carboxylic acids is 1. The first kappa shape index (κ1) is 11.1. The molecular weight excluding hydrogens is 222 g/mol. The average molecular weight is 233 g/mol. The standard InChI is InChI=1S/C11H11N3O3/c12-6-9(11-13-3-5-17-11)10(15)14-7-8-2-1-4-16-8/h1-2,4,13H,3,5,7H2,(H,14,15). The molecule has 1 fully saturated rings. The fraction of sp³-hybridized carbons (Fsp3) is 0.273. The number of nitriles is 1. The van der Waals surface area contributed by atoms with Crippen LogP contribution in [-0.4, -0.2) is 19.1 Å². The monoisotopic (exact) mass is 233 g/mol. The van der Waals surface area contributed by atoms with Crippen molar-refractivity contribution in [1.82, 2.24) is 10.6 Å². The van der Waals surface area contributed by atoms with Gasteiger partial charge in [0, 0.05) is 0 Å². The Balaban J connectivity index is 1.99. The van der Waals surface area contributed by atoms with Crippen molar-refractivity contribution in [3.05, 3.63) is 35.6 Å². The Morgan fingerprint density at radius 1 is 1.65 bits per heavy atom. The number of amides is 1. The Kier molecular flexibility index (Phi) is 3.31. The van der Waals surface area contributed by atoms with Crippen LogP contribution in [0.25, 0.3) is 0 Å². The number of hydrogen-bond acceptors (Lipinski definition) is 5. The summed E-state index contributed by atoms with van der Waals surface area (Å²) in [4.78, 5) is 11.7. The smallest absolute Gasteiger partial charge is 0.267 e. The molecule has 0 unspecified atom stereocenters. The number of carbonyl (C=O) groups is 1. The first-order valence-electron chi connectivity index (χ1n) is 5.13. The maximum Gasteiger partial charge on any atom is 0.267 e. The van der Waals surface area contributed by atoms with Crippen LogP contribution in [0.4, 0.5) is 0 Å². The normalized spacial score (nSPS) is 16.6. The van der Waals surface area contributed by atoms with Crippen LogP contribution in [-0.2, 0) is 16.1 Å². The van der Waals surface area contributed by atoms with Crippen molar-refractivity contribution in [2.45, 2.75) is 6.54 Å². The van der Waals surface area contributed by atoms with Crippen LogP contribution in [0.2, 0.25) is 0 Å². The summed E-state index contributed by atoms with van der Waals surface area (Å²) in [6.45, 7) is 1.31. The van der Waals surface area contributed by atoms with E-state index in [2.05, 4.69) is 10.6 Å². The first-order chi connectivity index (χ1) is 8.31. The molecule has 0 atom stereocenters. The van der Waals surface area contributed by atoms with E-state index >= 15 is 0 Å². The summed E-state index contributed by atoms with van der Waals surface area (Å²) in [5, 5.41) is 14.3. The van der Waals surface area contributed by atoms with Crippen LogP contribution >= 0.6 is 0 Å². The third kappa shape index (κ3) is 2.58. The highest BCUT2D eigenvalue weighted by molar-refractivity contribution is 5.97. The lowest BCUT2D eigenvalue weighted by Gasteiger charge is -2.04. The number of nitrogens with one attached hydrogen (secondary N) is 2.